The van der Waals surface area contributed by atoms with Crippen molar-refractivity contribution in [3.63, 3.8) is 0 Å². The Hall–Kier alpha value is -2.19. The van der Waals surface area contributed by atoms with E-state index in [1.54, 1.807) is 6.07 Å². The largest absolute Gasteiger partial charge is 0.417 e. The van der Waals surface area contributed by atoms with Crippen LogP contribution < -0.4 is 4.90 Å². The van der Waals surface area contributed by atoms with Crippen LogP contribution in [0, 0.1) is 23.2 Å². The highest BCUT2D eigenvalue weighted by Crippen LogP contribution is 2.65. The summed E-state index contributed by atoms with van der Waals surface area (Å²) in [4.78, 5) is 15.0. The summed E-state index contributed by atoms with van der Waals surface area (Å²) in [7, 11) is 0. The van der Waals surface area contributed by atoms with E-state index in [0.717, 1.165) is 25.0 Å². The molecule has 4 heterocycles. The molecule has 2 bridgehead atoms. The Bertz CT molecular complexity index is 1010. The third kappa shape index (κ3) is 3.13. The van der Waals surface area contributed by atoms with Gasteiger partial charge >= 0.3 is 6.18 Å². The minimum atomic E-state index is -4.75. The van der Waals surface area contributed by atoms with Crippen molar-refractivity contribution in [2.24, 2.45) is 11.8 Å². The van der Waals surface area contributed by atoms with Gasteiger partial charge in [-0.05, 0) is 24.6 Å². The molecule has 0 aromatic heterocycles. The molecule has 4 fully saturated rings. The molecule has 4 aliphatic rings. The van der Waals surface area contributed by atoms with E-state index in [1.807, 2.05) is 6.92 Å². The fraction of sp³-hybridized carbons (Fsp3) is 0.652. The highest BCUT2D eigenvalue weighted by atomic mass is 19.4. The molecule has 1 amide bonds. The van der Waals surface area contributed by atoms with Gasteiger partial charge in [0.05, 0.1) is 48.3 Å². The number of benzene rings is 1. The third-order valence-electron chi connectivity index (χ3n) is 7.53. The average Bonchev–Trinajstić information content (AvgIpc) is 3.35. The van der Waals surface area contributed by atoms with Crippen LogP contribution >= 0.6 is 0 Å². The maximum absolute atomic E-state index is 13.7. The maximum Gasteiger partial charge on any atom is 0.417 e. The monoisotopic (exact) mass is 466 g/mol. The van der Waals surface area contributed by atoms with Gasteiger partial charge in [0.1, 0.15) is 17.4 Å². The van der Waals surface area contributed by atoms with Crippen molar-refractivity contribution in [2.45, 2.75) is 62.3 Å². The molecule has 5 rings (SSSR count). The van der Waals surface area contributed by atoms with Crippen molar-refractivity contribution in [3.05, 3.63) is 29.3 Å². The van der Waals surface area contributed by atoms with Crippen LogP contribution in [0.15, 0.2) is 18.2 Å². The molecule has 7 nitrogen and oxygen atoms in total. The van der Waals surface area contributed by atoms with Crippen molar-refractivity contribution >= 4 is 11.6 Å². The average molecular weight is 466 g/mol. The van der Waals surface area contributed by atoms with E-state index in [4.69, 9.17) is 19.5 Å². The van der Waals surface area contributed by atoms with Crippen LogP contribution in [0.3, 0.4) is 0 Å². The summed E-state index contributed by atoms with van der Waals surface area (Å²) in [6, 6.07) is 4.79. The van der Waals surface area contributed by atoms with E-state index in [1.165, 1.54) is 11.0 Å². The molecule has 4 saturated heterocycles. The second kappa shape index (κ2) is 7.67. The number of carbonyl (C=O) groups is 1. The lowest BCUT2D eigenvalue weighted by molar-refractivity contribution is -0.171. The SMILES string of the molecule is CCCCOC[C@@]12C[C@H](O)[C@]3(CCO[C@H]4[C@@H]3[C@@H]1C(=O)N4c1ccc(C#N)c(C(F)(F)F)c1)O2. The van der Waals surface area contributed by atoms with Crippen molar-refractivity contribution in [1.82, 2.24) is 0 Å². The first-order valence-corrected chi connectivity index (χ1v) is 11.2. The molecule has 10 heteroatoms. The second-order valence-corrected chi connectivity index (χ2v) is 9.31. The Labute approximate surface area is 189 Å². The summed E-state index contributed by atoms with van der Waals surface area (Å²) in [6.07, 6.45) is -4.03. The van der Waals surface area contributed by atoms with Gasteiger partial charge in [-0.2, -0.15) is 18.4 Å². The molecular weight excluding hydrogens is 441 g/mol. The molecule has 1 aromatic rings. The first-order valence-electron chi connectivity index (χ1n) is 11.2. The number of hydrogen-bond donors (Lipinski definition) is 1. The predicted octanol–water partition coefficient (Wildman–Crippen LogP) is 2.99. The van der Waals surface area contributed by atoms with Crippen LogP contribution in [0.25, 0.3) is 0 Å². The van der Waals surface area contributed by atoms with Crippen LogP contribution in [-0.2, 0) is 25.2 Å². The van der Waals surface area contributed by atoms with Gasteiger partial charge in [0.25, 0.3) is 0 Å². The number of nitrogens with zero attached hydrogens (tertiary/aromatic N) is 2. The summed E-state index contributed by atoms with van der Waals surface area (Å²) in [6.45, 7) is 2.85. The molecule has 1 N–H and O–H groups in total. The number of halogens is 3. The fourth-order valence-corrected chi connectivity index (χ4v) is 6.16. The van der Waals surface area contributed by atoms with Crippen molar-refractivity contribution in [1.29, 1.82) is 5.26 Å². The van der Waals surface area contributed by atoms with Gasteiger partial charge in [-0.3, -0.25) is 9.69 Å². The number of anilines is 1. The van der Waals surface area contributed by atoms with Crippen LogP contribution in [0.5, 0.6) is 0 Å². The van der Waals surface area contributed by atoms with Crippen molar-refractivity contribution < 1.29 is 37.3 Å². The van der Waals surface area contributed by atoms with Gasteiger partial charge in [0, 0.05) is 25.1 Å². The Kier molecular flexibility index (Phi) is 5.25. The molecular formula is C23H25F3N2O5. The Morgan fingerprint density at radius 1 is 1.39 bits per heavy atom. The quantitative estimate of drug-likeness (QED) is 0.649. The van der Waals surface area contributed by atoms with Crippen LogP contribution in [0.2, 0.25) is 0 Å². The zero-order valence-corrected chi connectivity index (χ0v) is 18.1. The van der Waals surface area contributed by atoms with Gasteiger partial charge < -0.3 is 19.3 Å². The van der Waals surface area contributed by atoms with Gasteiger partial charge in [-0.1, -0.05) is 13.3 Å². The smallest absolute Gasteiger partial charge is 0.390 e. The number of unbranched alkanes of at least 4 members (excludes halogenated alkanes) is 1. The number of fused-ring (bicyclic) bond motifs is 2. The third-order valence-corrected chi connectivity index (χ3v) is 7.53. The second-order valence-electron chi connectivity index (χ2n) is 9.31. The summed E-state index contributed by atoms with van der Waals surface area (Å²) in [5.41, 5.74) is -3.65. The molecule has 0 saturated carbocycles. The van der Waals surface area contributed by atoms with E-state index < -0.39 is 58.6 Å². The number of amides is 1. The lowest BCUT2D eigenvalue weighted by Gasteiger charge is -2.43. The van der Waals surface area contributed by atoms with Crippen LogP contribution in [0.4, 0.5) is 18.9 Å². The highest BCUT2D eigenvalue weighted by Gasteiger charge is 2.79. The summed E-state index contributed by atoms with van der Waals surface area (Å²) in [5, 5.41) is 20.1. The van der Waals surface area contributed by atoms with E-state index in [9.17, 15) is 23.1 Å². The van der Waals surface area contributed by atoms with E-state index in [-0.39, 0.29) is 25.3 Å². The number of ether oxygens (including phenoxy) is 3. The molecule has 4 aliphatic heterocycles. The number of aliphatic hydroxyl groups excluding tert-OH is 1. The normalized spacial score (nSPS) is 36.8. The van der Waals surface area contributed by atoms with E-state index in [0.29, 0.717) is 13.0 Å². The topological polar surface area (TPSA) is 92.0 Å². The Morgan fingerprint density at radius 3 is 2.88 bits per heavy atom. The number of nitriles is 1. The molecule has 178 valence electrons. The van der Waals surface area contributed by atoms with Crippen LogP contribution in [-0.4, -0.2) is 54.4 Å². The van der Waals surface area contributed by atoms with Crippen molar-refractivity contribution in [3.8, 4) is 6.07 Å². The lowest BCUT2D eigenvalue weighted by Crippen LogP contribution is -2.57. The molecule has 1 aromatic carbocycles. The zero-order valence-electron chi connectivity index (χ0n) is 18.1. The Morgan fingerprint density at radius 2 is 2.18 bits per heavy atom. The van der Waals surface area contributed by atoms with Gasteiger partial charge in [0.2, 0.25) is 5.91 Å². The molecule has 1 spiro atoms. The number of alkyl halides is 3. The highest BCUT2D eigenvalue weighted by molar-refractivity contribution is 6.00. The van der Waals surface area contributed by atoms with E-state index in [2.05, 4.69) is 0 Å². The van der Waals surface area contributed by atoms with Crippen molar-refractivity contribution in [2.75, 3.05) is 24.7 Å². The Balaban J connectivity index is 1.54. The van der Waals surface area contributed by atoms with E-state index >= 15 is 0 Å². The standard InChI is InChI=1S/C23H25F3N2O5/c1-2-3-7-31-12-21-10-16(29)22(33-21)6-8-32-20-18(22)17(21)19(30)28(20)14-5-4-13(11-27)15(9-14)23(24,25)26/h4-5,9,16-18,20,29H,2-3,6-8,10,12H2,1H3/t16-,17+,18-,20-,21-,22-/m0/s1. The molecule has 33 heavy (non-hydrogen) atoms. The molecule has 0 radical (unpaired) electrons. The predicted molar refractivity (Wildman–Crippen MR) is 108 cm³/mol. The summed E-state index contributed by atoms with van der Waals surface area (Å²) < 4.78 is 58.9. The maximum atomic E-state index is 13.7. The number of hydrogen-bond acceptors (Lipinski definition) is 6. The first kappa shape index (κ1) is 22.6. The minimum Gasteiger partial charge on any atom is -0.390 e. The molecule has 0 aliphatic carbocycles. The van der Waals surface area contributed by atoms with Crippen LogP contribution in [0.1, 0.15) is 43.7 Å². The van der Waals surface area contributed by atoms with Gasteiger partial charge in [-0.25, -0.2) is 0 Å². The number of carbonyl (C=O) groups excluding carboxylic acids is 1. The summed E-state index contributed by atoms with van der Waals surface area (Å²) in [5.74, 6) is -1.63. The fourth-order valence-electron chi connectivity index (χ4n) is 6.16. The number of rotatable bonds is 6. The molecule has 0 unspecified atom stereocenters. The summed E-state index contributed by atoms with van der Waals surface area (Å²) >= 11 is 0. The minimum absolute atomic E-state index is 0.0127. The number of aliphatic hydroxyl groups is 1. The zero-order chi connectivity index (χ0) is 23.6. The lowest BCUT2D eigenvalue weighted by atomic mass is 9.64. The molecule has 6 atom stereocenters. The van der Waals surface area contributed by atoms with Gasteiger partial charge in [-0.15, -0.1) is 0 Å². The van der Waals surface area contributed by atoms with Gasteiger partial charge in [0.15, 0.2) is 0 Å². The first-order chi connectivity index (χ1) is 15.7.